The lowest BCUT2D eigenvalue weighted by Gasteiger charge is -2.27. The van der Waals surface area contributed by atoms with Crippen molar-refractivity contribution < 1.29 is 0 Å². The van der Waals surface area contributed by atoms with Gasteiger partial charge in [-0.15, -0.1) is 19.7 Å². The summed E-state index contributed by atoms with van der Waals surface area (Å²) in [5, 5.41) is 0. The molecule has 0 aliphatic heterocycles. The Morgan fingerprint density at radius 1 is 1.00 bits per heavy atom. The van der Waals surface area contributed by atoms with E-state index in [4.69, 9.17) is 0 Å². The molecule has 0 atom stereocenters. The van der Waals surface area contributed by atoms with Crippen LogP contribution in [0.3, 0.4) is 0 Å². The summed E-state index contributed by atoms with van der Waals surface area (Å²) in [5.41, 5.74) is 6.14. The summed E-state index contributed by atoms with van der Waals surface area (Å²) in [6, 6.07) is 0. The molecule has 0 aliphatic carbocycles. The highest BCUT2D eigenvalue weighted by Crippen LogP contribution is 2.30. The highest BCUT2D eigenvalue weighted by Gasteiger charge is 2.31. The molecule has 0 heterocycles. The van der Waals surface area contributed by atoms with Gasteiger partial charge in [0, 0.05) is 0 Å². The van der Waals surface area contributed by atoms with Crippen molar-refractivity contribution in [2.75, 3.05) is 12.5 Å². The van der Waals surface area contributed by atoms with Crippen molar-refractivity contribution in [1.82, 2.24) is 0 Å². The van der Waals surface area contributed by atoms with E-state index in [0.29, 0.717) is 4.21 Å². The van der Waals surface area contributed by atoms with Crippen molar-refractivity contribution in [3.8, 4) is 0 Å². The van der Waals surface area contributed by atoms with Gasteiger partial charge in [0.15, 0.2) is 0 Å². The smallest absolute Gasteiger partial charge is 0.148 e. The van der Waals surface area contributed by atoms with Crippen molar-refractivity contribution in [2.45, 2.75) is 4.21 Å². The zero-order valence-corrected chi connectivity index (χ0v) is 10.4. The van der Waals surface area contributed by atoms with Crippen molar-refractivity contribution in [2.24, 2.45) is 0 Å². The first-order valence-corrected chi connectivity index (χ1v) is 8.55. The van der Waals surface area contributed by atoms with Crippen LogP contribution in [0.2, 0.25) is 0 Å². The van der Waals surface area contributed by atoms with Gasteiger partial charge in [-0.05, 0) is 12.5 Å². The van der Waals surface area contributed by atoms with Gasteiger partial charge < -0.3 is 0 Å². The summed E-state index contributed by atoms with van der Waals surface area (Å²) < 4.78 is 0.560. The average molecular weight is 216 g/mol. The zero-order valence-electron chi connectivity index (χ0n) is 7.75. The van der Waals surface area contributed by atoms with E-state index in [-0.39, 0.29) is 0 Å². The van der Waals surface area contributed by atoms with Crippen LogP contribution in [0.15, 0.2) is 36.8 Å². The average Bonchev–Trinajstić information content (AvgIpc) is 2.14. The molecule has 0 nitrogen and oxygen atoms in total. The second kappa shape index (κ2) is 5.73. The second-order valence-electron chi connectivity index (χ2n) is 2.42. The molecular weight excluding hydrogens is 200 g/mol. The van der Waals surface area contributed by atoms with Gasteiger partial charge >= 0.3 is 0 Å². The molecular formula is C9H16S2Si. The highest BCUT2D eigenvalue weighted by molar-refractivity contribution is 8.19. The third kappa shape index (κ3) is 2.31. The van der Waals surface area contributed by atoms with Gasteiger partial charge in [-0.1, -0.05) is 17.1 Å². The van der Waals surface area contributed by atoms with Gasteiger partial charge in [0.1, 0.15) is 8.07 Å². The van der Waals surface area contributed by atoms with E-state index in [2.05, 4.69) is 32.2 Å². The Morgan fingerprint density at radius 2 is 1.33 bits per heavy atom. The summed E-state index contributed by atoms with van der Waals surface area (Å²) in [4.78, 5) is 0. The standard InChI is InChI=1S/C9H16S2Si/c1-6-12(7-2,8-3)9(10-4)11-5/h6-9H,1-3H2,4-5H3. The largest absolute Gasteiger partial charge is 0.153 e. The Morgan fingerprint density at radius 3 is 1.42 bits per heavy atom. The van der Waals surface area contributed by atoms with Gasteiger partial charge in [0.05, 0.1) is 4.21 Å². The maximum atomic E-state index is 3.88. The Hall–Kier alpha value is 0.137. The number of rotatable bonds is 6. The topological polar surface area (TPSA) is 0 Å². The Balaban J connectivity index is 4.77. The van der Waals surface area contributed by atoms with Crippen LogP contribution in [0.5, 0.6) is 0 Å². The molecule has 3 heteroatoms. The third-order valence-corrected chi connectivity index (χ3v) is 10.7. The lowest BCUT2D eigenvalue weighted by atomic mass is 11.2. The molecule has 0 aromatic carbocycles. The number of hydrogen-bond acceptors (Lipinski definition) is 2. The van der Waals surface area contributed by atoms with Crippen LogP contribution in [-0.2, 0) is 0 Å². The van der Waals surface area contributed by atoms with Crippen molar-refractivity contribution in [3.05, 3.63) is 36.8 Å². The maximum absolute atomic E-state index is 3.88. The summed E-state index contributed by atoms with van der Waals surface area (Å²) in [6.45, 7) is 11.7. The van der Waals surface area contributed by atoms with Crippen LogP contribution in [-0.4, -0.2) is 24.8 Å². The lowest BCUT2D eigenvalue weighted by Crippen LogP contribution is -2.38. The fourth-order valence-electron chi connectivity index (χ4n) is 1.04. The van der Waals surface area contributed by atoms with Crippen molar-refractivity contribution in [1.29, 1.82) is 0 Å². The van der Waals surface area contributed by atoms with E-state index in [1.54, 1.807) is 0 Å². The molecule has 68 valence electrons. The lowest BCUT2D eigenvalue weighted by molar-refractivity contribution is 1.78. The first-order valence-electron chi connectivity index (χ1n) is 3.67. The minimum Gasteiger partial charge on any atom is -0.153 e. The third-order valence-electron chi connectivity index (χ3n) is 1.90. The molecule has 0 bridgehead atoms. The van der Waals surface area contributed by atoms with Crippen molar-refractivity contribution >= 4 is 31.6 Å². The van der Waals surface area contributed by atoms with Gasteiger partial charge in [-0.25, -0.2) is 0 Å². The van der Waals surface area contributed by atoms with E-state index < -0.39 is 8.07 Å². The molecule has 12 heavy (non-hydrogen) atoms. The Labute approximate surface area is 85.2 Å². The number of hydrogen-bond donors (Lipinski definition) is 0. The fourth-order valence-corrected chi connectivity index (χ4v) is 7.89. The van der Waals surface area contributed by atoms with Gasteiger partial charge in [0.25, 0.3) is 0 Å². The van der Waals surface area contributed by atoms with Crippen LogP contribution in [0.1, 0.15) is 0 Å². The molecule has 0 amide bonds. The van der Waals surface area contributed by atoms with E-state index in [1.807, 2.05) is 40.6 Å². The van der Waals surface area contributed by atoms with Crippen molar-refractivity contribution in [3.63, 3.8) is 0 Å². The molecule has 0 aliphatic rings. The van der Waals surface area contributed by atoms with E-state index in [9.17, 15) is 0 Å². The molecule has 0 saturated heterocycles. The summed E-state index contributed by atoms with van der Waals surface area (Å²) in [7, 11) is -1.63. The summed E-state index contributed by atoms with van der Waals surface area (Å²) >= 11 is 3.72. The van der Waals surface area contributed by atoms with Crippen LogP contribution in [0.4, 0.5) is 0 Å². The monoisotopic (exact) mass is 216 g/mol. The van der Waals surface area contributed by atoms with Crippen LogP contribution < -0.4 is 0 Å². The van der Waals surface area contributed by atoms with E-state index >= 15 is 0 Å². The summed E-state index contributed by atoms with van der Waals surface area (Å²) in [5.74, 6) is 0. The quantitative estimate of drug-likeness (QED) is 0.494. The first-order chi connectivity index (χ1) is 5.70. The van der Waals surface area contributed by atoms with E-state index in [0.717, 1.165) is 0 Å². The van der Waals surface area contributed by atoms with Gasteiger partial charge in [0.2, 0.25) is 0 Å². The summed E-state index contributed by atoms with van der Waals surface area (Å²) in [6.07, 6.45) is 4.25. The minimum atomic E-state index is -1.63. The Kier molecular flexibility index (Phi) is 5.79. The van der Waals surface area contributed by atoms with Crippen LogP contribution in [0, 0.1) is 0 Å². The molecule has 0 spiro atoms. The highest BCUT2D eigenvalue weighted by atomic mass is 32.2. The molecule has 0 fully saturated rings. The van der Waals surface area contributed by atoms with Crippen LogP contribution >= 0.6 is 23.5 Å². The normalized spacial score (nSPS) is 11.2. The SMILES string of the molecule is C=C[Si](C=C)(C=C)C(SC)SC. The molecule has 0 aromatic heterocycles. The molecule has 0 aromatic rings. The Bertz CT molecular complexity index is 152. The first kappa shape index (κ1) is 12.1. The second-order valence-corrected chi connectivity index (χ2v) is 9.24. The number of thioether (sulfide) groups is 2. The van der Waals surface area contributed by atoms with Crippen LogP contribution in [0.25, 0.3) is 0 Å². The minimum absolute atomic E-state index is 0.560. The zero-order chi connectivity index (χ0) is 9.61. The van der Waals surface area contributed by atoms with Gasteiger partial charge in [-0.3, -0.25) is 0 Å². The van der Waals surface area contributed by atoms with E-state index in [1.165, 1.54) is 0 Å². The molecule has 0 saturated carbocycles. The molecule has 0 unspecified atom stereocenters. The predicted molar refractivity (Wildman–Crippen MR) is 67.2 cm³/mol. The maximum Gasteiger partial charge on any atom is 0.148 e. The molecule has 0 N–H and O–H groups in total. The molecule has 0 radical (unpaired) electrons. The predicted octanol–water partition coefficient (Wildman–Crippen LogP) is 3.20. The molecule has 0 rings (SSSR count). The fraction of sp³-hybridized carbons (Fsp3) is 0.333. The van der Waals surface area contributed by atoms with Gasteiger partial charge in [-0.2, -0.15) is 23.5 Å².